The number of nitrogens with zero attached hydrogens (tertiary/aromatic N) is 7. The number of aryl methyl sites for hydroxylation is 1. The smallest absolute Gasteiger partial charge is 0.261 e. The van der Waals surface area contributed by atoms with E-state index in [1.807, 2.05) is 19.2 Å². The van der Waals surface area contributed by atoms with Gasteiger partial charge in [-0.15, -0.1) is 0 Å². The first-order valence-electron chi connectivity index (χ1n) is 11.3. The van der Waals surface area contributed by atoms with Crippen LogP contribution in [0.25, 0.3) is 22.8 Å². The Labute approximate surface area is 197 Å². The van der Waals surface area contributed by atoms with Gasteiger partial charge in [-0.05, 0) is 58.1 Å². The summed E-state index contributed by atoms with van der Waals surface area (Å²) in [5, 5.41) is 18.7. The highest BCUT2D eigenvalue weighted by atomic mass is 16.5. The average molecular weight is 461 g/mol. The number of hydrogen-bond acceptors (Lipinski definition) is 9. The van der Waals surface area contributed by atoms with Crippen LogP contribution in [0.15, 0.2) is 41.4 Å². The predicted molar refractivity (Wildman–Crippen MR) is 125 cm³/mol. The van der Waals surface area contributed by atoms with Crippen LogP contribution in [0, 0.1) is 12.8 Å². The van der Waals surface area contributed by atoms with E-state index in [2.05, 4.69) is 38.2 Å². The molecule has 1 atom stereocenters. The number of pyridine rings is 1. The van der Waals surface area contributed by atoms with Crippen molar-refractivity contribution in [2.75, 3.05) is 5.73 Å². The monoisotopic (exact) mass is 460 g/mol. The fourth-order valence-corrected chi connectivity index (χ4v) is 4.31. The van der Waals surface area contributed by atoms with Crippen molar-refractivity contribution < 1.29 is 9.63 Å². The Morgan fingerprint density at radius 1 is 1.12 bits per heavy atom. The summed E-state index contributed by atoms with van der Waals surface area (Å²) in [4.78, 5) is 18.1. The van der Waals surface area contributed by atoms with Crippen LogP contribution in [0.4, 0.5) is 5.82 Å². The molecule has 3 N–H and O–H groups in total. The lowest BCUT2D eigenvalue weighted by Crippen LogP contribution is -2.28. The molecule has 10 nitrogen and oxygen atoms in total. The van der Waals surface area contributed by atoms with Crippen molar-refractivity contribution in [2.24, 2.45) is 5.92 Å². The molecule has 1 unspecified atom stereocenters. The van der Waals surface area contributed by atoms with Crippen LogP contribution in [0.5, 0.6) is 0 Å². The van der Waals surface area contributed by atoms with Crippen molar-refractivity contribution in [2.45, 2.75) is 58.1 Å². The van der Waals surface area contributed by atoms with E-state index in [0.717, 1.165) is 29.8 Å². The number of nitrogen functional groups attached to an aromatic ring is 1. The van der Waals surface area contributed by atoms with Gasteiger partial charge in [-0.1, -0.05) is 11.2 Å². The van der Waals surface area contributed by atoms with Gasteiger partial charge in [0.1, 0.15) is 11.5 Å². The number of aromatic nitrogens is 7. The minimum Gasteiger partial charge on any atom is -0.389 e. The van der Waals surface area contributed by atoms with E-state index in [1.165, 1.54) is 6.20 Å². The summed E-state index contributed by atoms with van der Waals surface area (Å²) < 4.78 is 7.30. The quantitative estimate of drug-likeness (QED) is 0.425. The van der Waals surface area contributed by atoms with Crippen LogP contribution in [0.1, 0.15) is 50.7 Å². The molecule has 0 bridgehead atoms. The zero-order valence-electron chi connectivity index (χ0n) is 19.7. The lowest BCUT2D eigenvalue weighted by molar-refractivity contribution is 0.0577. The van der Waals surface area contributed by atoms with E-state index in [9.17, 15) is 5.11 Å². The topological polar surface area (TPSA) is 142 Å². The van der Waals surface area contributed by atoms with Crippen molar-refractivity contribution >= 4 is 5.82 Å². The molecule has 1 saturated carbocycles. The van der Waals surface area contributed by atoms with Gasteiger partial charge in [-0.2, -0.15) is 10.1 Å². The highest BCUT2D eigenvalue weighted by Gasteiger charge is 2.47. The van der Waals surface area contributed by atoms with Crippen molar-refractivity contribution in [3.05, 3.63) is 54.0 Å². The van der Waals surface area contributed by atoms with E-state index in [4.69, 9.17) is 15.2 Å². The fraction of sp³-hybridized carbons (Fsp3) is 0.417. The van der Waals surface area contributed by atoms with E-state index in [0.29, 0.717) is 41.3 Å². The number of anilines is 1. The molecule has 0 amide bonds. The van der Waals surface area contributed by atoms with Gasteiger partial charge >= 0.3 is 0 Å². The summed E-state index contributed by atoms with van der Waals surface area (Å²) in [6.07, 6.45) is 9.06. The maximum atomic E-state index is 10.0. The Hall–Kier alpha value is -3.66. The number of hydrogen-bond donors (Lipinski definition) is 2. The molecule has 4 heterocycles. The van der Waals surface area contributed by atoms with Crippen molar-refractivity contribution in [3.8, 4) is 22.8 Å². The van der Waals surface area contributed by atoms with Crippen LogP contribution in [-0.4, -0.2) is 45.6 Å². The van der Waals surface area contributed by atoms with E-state index in [1.54, 1.807) is 30.9 Å². The maximum Gasteiger partial charge on any atom is 0.261 e. The first-order valence-corrected chi connectivity index (χ1v) is 11.3. The Kier molecular flexibility index (Phi) is 5.20. The third kappa shape index (κ3) is 4.16. The van der Waals surface area contributed by atoms with E-state index in [-0.39, 0.29) is 0 Å². The van der Waals surface area contributed by atoms with Crippen LogP contribution in [0.3, 0.4) is 0 Å². The van der Waals surface area contributed by atoms with Gasteiger partial charge in [0.15, 0.2) is 5.82 Å². The van der Waals surface area contributed by atoms with E-state index < -0.39 is 11.0 Å². The van der Waals surface area contributed by atoms with Gasteiger partial charge in [-0.25, -0.2) is 9.97 Å². The molecular weight excluding hydrogens is 432 g/mol. The van der Waals surface area contributed by atoms with Crippen LogP contribution in [0.2, 0.25) is 0 Å². The van der Waals surface area contributed by atoms with Gasteiger partial charge in [0.05, 0.1) is 46.9 Å². The van der Waals surface area contributed by atoms with Crippen molar-refractivity contribution in [3.63, 3.8) is 0 Å². The zero-order chi connectivity index (χ0) is 24.1. The van der Waals surface area contributed by atoms with Gasteiger partial charge in [-0.3, -0.25) is 9.67 Å². The third-order valence-corrected chi connectivity index (χ3v) is 6.28. The lowest BCUT2D eigenvalue weighted by Gasteiger charge is -2.26. The second kappa shape index (κ2) is 7.98. The highest BCUT2D eigenvalue weighted by molar-refractivity contribution is 5.58. The minimum absolute atomic E-state index is 0.365. The molecule has 0 aromatic carbocycles. The Morgan fingerprint density at radius 2 is 1.91 bits per heavy atom. The molecule has 0 radical (unpaired) electrons. The van der Waals surface area contributed by atoms with Gasteiger partial charge in [0.25, 0.3) is 5.89 Å². The minimum atomic E-state index is -0.872. The maximum absolute atomic E-state index is 10.0. The molecule has 0 saturated heterocycles. The SMILES string of the molecule is Cc1nc(N)cnc1-c1ccc(C(C)(c2noc(-c3cnn(CC(C)(C)O)c3)n2)C2CC2)cn1. The lowest BCUT2D eigenvalue weighted by atomic mass is 9.77. The Balaban J connectivity index is 1.45. The zero-order valence-corrected chi connectivity index (χ0v) is 19.7. The van der Waals surface area contributed by atoms with E-state index >= 15 is 0 Å². The first kappa shape index (κ1) is 22.1. The normalized spacial score (nSPS) is 15.9. The predicted octanol–water partition coefficient (Wildman–Crippen LogP) is 3.16. The summed E-state index contributed by atoms with van der Waals surface area (Å²) >= 11 is 0. The van der Waals surface area contributed by atoms with Gasteiger partial charge in [0, 0.05) is 12.4 Å². The molecule has 4 aromatic heterocycles. The summed E-state index contributed by atoms with van der Waals surface area (Å²) in [5.74, 6) is 1.82. The molecule has 0 aliphatic heterocycles. The summed E-state index contributed by atoms with van der Waals surface area (Å²) in [6.45, 7) is 7.85. The van der Waals surface area contributed by atoms with Crippen LogP contribution in [-0.2, 0) is 12.0 Å². The molecular formula is C24H28N8O2. The fourth-order valence-electron chi connectivity index (χ4n) is 4.31. The average Bonchev–Trinajstić information content (AvgIpc) is 3.34. The summed E-state index contributed by atoms with van der Waals surface area (Å²) in [5.41, 5.74) is 8.34. The number of rotatable bonds is 7. The van der Waals surface area contributed by atoms with Gasteiger partial charge < -0.3 is 15.4 Å². The largest absolute Gasteiger partial charge is 0.389 e. The Bertz CT molecular complexity index is 1320. The molecule has 1 aliphatic carbocycles. The molecule has 10 heteroatoms. The molecule has 1 fully saturated rings. The van der Waals surface area contributed by atoms with Crippen LogP contribution >= 0.6 is 0 Å². The molecule has 1 aliphatic rings. The van der Waals surface area contributed by atoms with Crippen LogP contribution < -0.4 is 5.73 Å². The molecule has 34 heavy (non-hydrogen) atoms. The second-order valence-electron chi connectivity index (χ2n) is 9.80. The standard InChI is InChI=1S/C24H28N8O2/c1-14-20(27-11-19(25)29-14)18-8-7-17(10-26-18)24(4,16-5-6-16)22-30-21(34-31-22)15-9-28-32(12-15)13-23(2,3)33/h7-12,16,33H,5-6,13H2,1-4H3,(H2,25,29). The van der Waals surface area contributed by atoms with Crippen molar-refractivity contribution in [1.82, 2.24) is 34.9 Å². The molecule has 4 aromatic rings. The molecule has 176 valence electrons. The first-order chi connectivity index (χ1) is 16.1. The number of nitrogens with two attached hydrogens (primary N) is 1. The molecule has 0 spiro atoms. The summed E-state index contributed by atoms with van der Waals surface area (Å²) in [7, 11) is 0. The second-order valence-corrected chi connectivity index (χ2v) is 9.80. The third-order valence-electron chi connectivity index (χ3n) is 6.28. The van der Waals surface area contributed by atoms with Crippen molar-refractivity contribution in [1.29, 1.82) is 0 Å². The van der Waals surface area contributed by atoms with Gasteiger partial charge in [0.2, 0.25) is 0 Å². The number of aliphatic hydroxyl groups is 1. The summed E-state index contributed by atoms with van der Waals surface area (Å²) in [6, 6.07) is 4.00. The molecule has 5 rings (SSSR count). The Morgan fingerprint density at radius 3 is 2.56 bits per heavy atom. The highest BCUT2D eigenvalue weighted by Crippen LogP contribution is 2.50.